The summed E-state index contributed by atoms with van der Waals surface area (Å²) in [5.41, 5.74) is 1.60. The number of nitrogens with one attached hydrogen (secondary N) is 1. The van der Waals surface area contributed by atoms with Gasteiger partial charge < -0.3 is 10.1 Å². The first-order chi connectivity index (χ1) is 9.83. The Morgan fingerprint density at radius 1 is 0.950 bits per heavy atom. The lowest BCUT2D eigenvalue weighted by atomic mass is 10.2. The van der Waals surface area contributed by atoms with Crippen molar-refractivity contribution in [3.63, 3.8) is 0 Å². The molecule has 0 atom stereocenters. The number of hydrogen-bond acceptors (Lipinski definition) is 3. The summed E-state index contributed by atoms with van der Waals surface area (Å²) >= 11 is 0. The first-order valence-corrected chi connectivity index (χ1v) is 6.40. The molecule has 2 rings (SSSR count). The van der Waals surface area contributed by atoms with Gasteiger partial charge in [0.1, 0.15) is 6.29 Å². The summed E-state index contributed by atoms with van der Waals surface area (Å²) in [5, 5.41) is 2.80. The predicted molar refractivity (Wildman–Crippen MR) is 79.0 cm³/mol. The molecule has 1 N–H and O–H groups in total. The molecule has 0 saturated heterocycles. The molecule has 2 aromatic carbocycles. The average Bonchev–Trinajstić information content (AvgIpc) is 2.50. The highest BCUT2D eigenvalue weighted by Crippen LogP contribution is 2.24. The van der Waals surface area contributed by atoms with E-state index >= 15 is 0 Å². The fraction of sp³-hybridized carbons (Fsp3) is 0.125. The van der Waals surface area contributed by atoms with E-state index in [0.717, 1.165) is 17.7 Å². The molecule has 0 aromatic heterocycles. The second kappa shape index (κ2) is 7.21. The number of carbonyl (C=O) groups is 2. The quantitative estimate of drug-likeness (QED) is 0.645. The minimum Gasteiger partial charge on any atom is -0.302 e. The highest BCUT2D eigenvalue weighted by molar-refractivity contribution is 6.01. The molecule has 0 heterocycles. The normalized spacial score (nSPS) is 10.0. The monoisotopic (exact) mass is 268 g/mol. The first-order valence-electron chi connectivity index (χ1n) is 6.40. The largest absolute Gasteiger partial charge is 0.302 e. The molecule has 0 saturated carbocycles. The van der Waals surface area contributed by atoms with E-state index in [4.69, 9.17) is 0 Å². The Morgan fingerprint density at radius 3 is 1.90 bits per heavy atom. The lowest BCUT2D eigenvalue weighted by Gasteiger charge is -2.23. The van der Waals surface area contributed by atoms with Gasteiger partial charge in [0, 0.05) is 11.4 Å². The zero-order valence-corrected chi connectivity index (χ0v) is 11.0. The van der Waals surface area contributed by atoms with Crippen LogP contribution in [0.15, 0.2) is 60.7 Å². The van der Waals surface area contributed by atoms with E-state index < -0.39 is 0 Å². The van der Waals surface area contributed by atoms with Gasteiger partial charge in [0.2, 0.25) is 5.91 Å². The van der Waals surface area contributed by atoms with Crippen LogP contribution in [0.3, 0.4) is 0 Å². The van der Waals surface area contributed by atoms with Gasteiger partial charge in [0.15, 0.2) is 0 Å². The number of anilines is 2. The maximum Gasteiger partial charge on any atom is 0.245 e. The summed E-state index contributed by atoms with van der Waals surface area (Å²) in [7, 11) is 0. The van der Waals surface area contributed by atoms with Gasteiger partial charge in [0.05, 0.1) is 13.1 Å². The molecule has 0 aliphatic carbocycles. The van der Waals surface area contributed by atoms with E-state index in [-0.39, 0.29) is 19.0 Å². The Kier molecular flexibility index (Phi) is 5.03. The smallest absolute Gasteiger partial charge is 0.245 e. The highest BCUT2D eigenvalue weighted by Gasteiger charge is 2.16. The number of amides is 1. The lowest BCUT2D eigenvalue weighted by Crippen LogP contribution is -2.35. The van der Waals surface area contributed by atoms with Crippen molar-refractivity contribution in [3.05, 3.63) is 60.7 Å². The third kappa shape index (κ3) is 3.52. The van der Waals surface area contributed by atoms with E-state index in [1.54, 1.807) is 4.90 Å². The number of carbonyl (C=O) groups excluding carboxylic acids is 2. The molecule has 0 radical (unpaired) electrons. The van der Waals surface area contributed by atoms with Crippen molar-refractivity contribution < 1.29 is 9.59 Å². The molecule has 0 aliphatic rings. The fourth-order valence-corrected chi connectivity index (χ4v) is 1.91. The number of rotatable bonds is 6. The minimum absolute atomic E-state index is 0.107. The van der Waals surface area contributed by atoms with Crippen LogP contribution < -0.4 is 10.2 Å². The van der Waals surface area contributed by atoms with Crippen LogP contribution in [-0.4, -0.2) is 25.3 Å². The van der Waals surface area contributed by atoms with Gasteiger partial charge in [-0.3, -0.25) is 9.69 Å². The number of benzene rings is 2. The molecule has 102 valence electrons. The summed E-state index contributed by atoms with van der Waals surface area (Å²) in [4.78, 5) is 24.3. The molecule has 0 bridgehead atoms. The topological polar surface area (TPSA) is 49.4 Å². The molecule has 0 aliphatic heterocycles. The second-order valence-electron chi connectivity index (χ2n) is 4.20. The SMILES string of the molecule is O=CCNCC(=O)N(c1ccccc1)c1ccccc1. The summed E-state index contributed by atoms with van der Waals surface area (Å²) in [5.74, 6) is -0.107. The zero-order valence-electron chi connectivity index (χ0n) is 11.0. The Balaban J connectivity index is 2.25. The highest BCUT2D eigenvalue weighted by atomic mass is 16.2. The Morgan fingerprint density at radius 2 is 1.45 bits per heavy atom. The van der Waals surface area contributed by atoms with Crippen molar-refractivity contribution in [2.45, 2.75) is 0 Å². The van der Waals surface area contributed by atoms with Gasteiger partial charge in [-0.05, 0) is 24.3 Å². The third-order valence-electron chi connectivity index (χ3n) is 2.78. The van der Waals surface area contributed by atoms with Gasteiger partial charge in [-0.2, -0.15) is 0 Å². The number of aldehydes is 1. The Bertz CT molecular complexity index is 516. The lowest BCUT2D eigenvalue weighted by molar-refractivity contribution is -0.117. The standard InChI is InChI=1S/C16H16N2O2/c19-12-11-17-13-16(20)18(14-7-3-1-4-8-14)15-9-5-2-6-10-15/h1-10,12,17H,11,13H2. The number of nitrogens with zero attached hydrogens (tertiary/aromatic N) is 1. The molecule has 0 fully saturated rings. The molecule has 20 heavy (non-hydrogen) atoms. The average molecular weight is 268 g/mol. The van der Waals surface area contributed by atoms with Crippen LogP contribution >= 0.6 is 0 Å². The zero-order chi connectivity index (χ0) is 14.2. The van der Waals surface area contributed by atoms with Crippen LogP contribution in [0.4, 0.5) is 11.4 Å². The summed E-state index contributed by atoms with van der Waals surface area (Å²) in [6.45, 7) is 0.283. The molecule has 0 spiro atoms. The number of hydrogen-bond donors (Lipinski definition) is 1. The van der Waals surface area contributed by atoms with E-state index in [9.17, 15) is 9.59 Å². The van der Waals surface area contributed by atoms with Gasteiger partial charge in [-0.15, -0.1) is 0 Å². The molecule has 4 nitrogen and oxygen atoms in total. The van der Waals surface area contributed by atoms with Crippen LogP contribution in [0.25, 0.3) is 0 Å². The van der Waals surface area contributed by atoms with Crippen molar-refractivity contribution in [1.29, 1.82) is 0 Å². The molecule has 2 aromatic rings. The Hall–Kier alpha value is -2.46. The van der Waals surface area contributed by atoms with Gasteiger partial charge in [0.25, 0.3) is 0 Å². The van der Waals surface area contributed by atoms with Crippen LogP contribution in [0.5, 0.6) is 0 Å². The van der Waals surface area contributed by atoms with Crippen LogP contribution in [0.1, 0.15) is 0 Å². The van der Waals surface area contributed by atoms with Crippen molar-refractivity contribution in [1.82, 2.24) is 5.32 Å². The predicted octanol–water partition coefficient (Wildman–Crippen LogP) is 2.14. The molecule has 1 amide bonds. The summed E-state index contributed by atoms with van der Waals surface area (Å²) in [6, 6.07) is 18.9. The second-order valence-corrected chi connectivity index (χ2v) is 4.20. The Labute approximate surface area is 118 Å². The maximum atomic E-state index is 12.4. The van der Waals surface area contributed by atoms with Crippen molar-refractivity contribution in [2.24, 2.45) is 0 Å². The summed E-state index contributed by atoms with van der Waals surface area (Å²) < 4.78 is 0. The maximum absolute atomic E-state index is 12.4. The molecule has 4 heteroatoms. The summed E-state index contributed by atoms with van der Waals surface area (Å²) in [6.07, 6.45) is 0.739. The van der Waals surface area contributed by atoms with Gasteiger partial charge >= 0.3 is 0 Å². The van der Waals surface area contributed by atoms with Gasteiger partial charge in [-0.25, -0.2) is 0 Å². The minimum atomic E-state index is -0.107. The van der Waals surface area contributed by atoms with Crippen molar-refractivity contribution >= 4 is 23.6 Å². The van der Waals surface area contributed by atoms with E-state index in [1.165, 1.54) is 0 Å². The van der Waals surface area contributed by atoms with Crippen LogP contribution in [0.2, 0.25) is 0 Å². The number of para-hydroxylation sites is 2. The molecular weight excluding hydrogens is 252 g/mol. The van der Waals surface area contributed by atoms with Crippen molar-refractivity contribution in [2.75, 3.05) is 18.0 Å². The first kappa shape index (κ1) is 14.0. The molecule has 0 unspecified atom stereocenters. The van der Waals surface area contributed by atoms with Crippen LogP contribution in [-0.2, 0) is 9.59 Å². The molecular formula is C16H16N2O2. The third-order valence-corrected chi connectivity index (χ3v) is 2.78. The van der Waals surface area contributed by atoms with E-state index in [2.05, 4.69) is 5.32 Å². The van der Waals surface area contributed by atoms with Crippen LogP contribution in [0, 0.1) is 0 Å². The van der Waals surface area contributed by atoms with E-state index in [1.807, 2.05) is 60.7 Å². The van der Waals surface area contributed by atoms with Crippen molar-refractivity contribution in [3.8, 4) is 0 Å². The van der Waals surface area contributed by atoms with E-state index in [0.29, 0.717) is 0 Å². The van der Waals surface area contributed by atoms with Gasteiger partial charge in [-0.1, -0.05) is 36.4 Å². The fourth-order valence-electron chi connectivity index (χ4n) is 1.91.